The monoisotopic (exact) mass is 344 g/mol. The number of likely N-dealkylation sites (tertiary alicyclic amines) is 2. The molecule has 2 aliphatic rings. The van der Waals surface area contributed by atoms with Gasteiger partial charge in [0, 0.05) is 12.1 Å². The lowest BCUT2D eigenvalue weighted by atomic mass is 9.84. The second-order valence-electron chi connectivity index (χ2n) is 7.68. The van der Waals surface area contributed by atoms with Crippen molar-refractivity contribution in [1.29, 1.82) is 0 Å². The summed E-state index contributed by atoms with van der Waals surface area (Å²) in [5.41, 5.74) is 7.13. The van der Waals surface area contributed by atoms with Crippen LogP contribution in [-0.2, 0) is 4.79 Å². The highest BCUT2D eigenvalue weighted by atomic mass is 16.2. The third kappa shape index (κ3) is 4.40. The Morgan fingerprint density at radius 2 is 1.76 bits per heavy atom. The molecule has 2 fully saturated rings. The zero-order valence-electron chi connectivity index (χ0n) is 15.4. The first-order chi connectivity index (χ1) is 12.1. The van der Waals surface area contributed by atoms with E-state index < -0.39 is 6.04 Å². The van der Waals surface area contributed by atoms with E-state index in [1.807, 2.05) is 30.3 Å². The lowest BCUT2D eigenvalue weighted by Gasteiger charge is -2.50. The molecule has 1 atom stereocenters. The van der Waals surface area contributed by atoms with Gasteiger partial charge < -0.3 is 16.0 Å². The summed E-state index contributed by atoms with van der Waals surface area (Å²) in [6.07, 6.45) is 6.11. The molecule has 1 aromatic rings. The molecule has 3 rings (SSSR count). The number of hydrogen-bond acceptors (Lipinski definition) is 4. The summed E-state index contributed by atoms with van der Waals surface area (Å²) < 4.78 is 0. The van der Waals surface area contributed by atoms with E-state index in [1.165, 1.54) is 19.3 Å². The van der Waals surface area contributed by atoms with Gasteiger partial charge in [0.2, 0.25) is 5.91 Å². The number of piperidine rings is 2. The minimum absolute atomic E-state index is 0.0680. The van der Waals surface area contributed by atoms with E-state index in [9.17, 15) is 4.79 Å². The molecule has 25 heavy (non-hydrogen) atoms. The van der Waals surface area contributed by atoms with Crippen LogP contribution in [0.3, 0.4) is 0 Å². The summed E-state index contributed by atoms with van der Waals surface area (Å²) in [6.45, 7) is 5.21. The van der Waals surface area contributed by atoms with Gasteiger partial charge in [-0.2, -0.15) is 0 Å². The number of amides is 1. The Bertz CT molecular complexity index is 548. The minimum atomic E-state index is -0.592. The van der Waals surface area contributed by atoms with Gasteiger partial charge in [-0.25, -0.2) is 0 Å². The molecular formula is C20H32N4O. The van der Waals surface area contributed by atoms with Gasteiger partial charge in [-0.05, 0) is 64.5 Å². The number of nitrogens with zero attached hydrogens (tertiary/aromatic N) is 2. The SMILES string of the molecule is CN1CCC(CNC(=O)C(N)c2ccccc2)(N2CCCCC2)CC1. The summed E-state index contributed by atoms with van der Waals surface area (Å²) in [4.78, 5) is 17.6. The molecule has 0 bridgehead atoms. The highest BCUT2D eigenvalue weighted by molar-refractivity contribution is 5.83. The molecule has 0 aliphatic carbocycles. The second-order valence-corrected chi connectivity index (χ2v) is 7.68. The largest absolute Gasteiger partial charge is 0.353 e. The minimum Gasteiger partial charge on any atom is -0.353 e. The standard InChI is InChI=1S/C20H32N4O/c1-23-14-10-20(11-15-23,24-12-6-3-7-13-24)16-22-19(25)18(21)17-8-4-2-5-9-17/h2,4-5,8-9,18H,3,6-7,10-16,21H2,1H3,(H,22,25). The fraction of sp³-hybridized carbons (Fsp3) is 0.650. The Morgan fingerprint density at radius 1 is 1.12 bits per heavy atom. The number of benzene rings is 1. The molecule has 0 aromatic heterocycles. The zero-order chi connectivity index (χ0) is 17.7. The highest BCUT2D eigenvalue weighted by Crippen LogP contribution is 2.31. The Kier molecular flexibility index (Phi) is 6.10. The van der Waals surface area contributed by atoms with Gasteiger partial charge in [-0.3, -0.25) is 9.69 Å². The lowest BCUT2D eigenvalue weighted by molar-refractivity contribution is -0.123. The van der Waals surface area contributed by atoms with Crippen LogP contribution >= 0.6 is 0 Å². The predicted molar refractivity (Wildman–Crippen MR) is 101 cm³/mol. The molecule has 138 valence electrons. The van der Waals surface area contributed by atoms with E-state index in [0.717, 1.165) is 44.6 Å². The molecule has 0 radical (unpaired) electrons. The van der Waals surface area contributed by atoms with Gasteiger partial charge in [-0.1, -0.05) is 36.8 Å². The van der Waals surface area contributed by atoms with Crippen molar-refractivity contribution in [1.82, 2.24) is 15.1 Å². The Labute approximate surface area is 151 Å². The topological polar surface area (TPSA) is 61.6 Å². The van der Waals surface area contributed by atoms with Gasteiger partial charge in [0.05, 0.1) is 0 Å². The van der Waals surface area contributed by atoms with Crippen molar-refractivity contribution in [2.75, 3.05) is 39.8 Å². The summed E-state index contributed by atoms with van der Waals surface area (Å²) >= 11 is 0. The Balaban J connectivity index is 1.65. The van der Waals surface area contributed by atoms with Crippen molar-refractivity contribution in [2.24, 2.45) is 5.73 Å². The van der Waals surface area contributed by atoms with E-state index in [0.29, 0.717) is 6.54 Å². The van der Waals surface area contributed by atoms with E-state index in [4.69, 9.17) is 5.73 Å². The zero-order valence-corrected chi connectivity index (χ0v) is 15.4. The van der Waals surface area contributed by atoms with E-state index in [1.54, 1.807) is 0 Å². The van der Waals surface area contributed by atoms with Crippen molar-refractivity contribution >= 4 is 5.91 Å². The smallest absolute Gasteiger partial charge is 0.241 e. The first-order valence-electron chi connectivity index (χ1n) is 9.63. The molecule has 2 aliphatic heterocycles. The Morgan fingerprint density at radius 3 is 2.40 bits per heavy atom. The lowest BCUT2D eigenvalue weighted by Crippen LogP contribution is -2.61. The first kappa shape index (κ1) is 18.4. The van der Waals surface area contributed by atoms with Crippen molar-refractivity contribution in [3.8, 4) is 0 Å². The van der Waals surface area contributed by atoms with Gasteiger partial charge in [0.1, 0.15) is 6.04 Å². The van der Waals surface area contributed by atoms with Crippen LogP contribution in [0.4, 0.5) is 0 Å². The number of nitrogens with one attached hydrogen (secondary N) is 1. The van der Waals surface area contributed by atoms with Crippen molar-refractivity contribution in [3.63, 3.8) is 0 Å². The molecule has 1 aromatic carbocycles. The van der Waals surface area contributed by atoms with E-state index in [-0.39, 0.29) is 11.4 Å². The molecule has 5 heteroatoms. The molecule has 2 heterocycles. The van der Waals surface area contributed by atoms with Gasteiger partial charge in [-0.15, -0.1) is 0 Å². The van der Waals surface area contributed by atoms with E-state index >= 15 is 0 Å². The third-order valence-electron chi connectivity index (χ3n) is 5.98. The van der Waals surface area contributed by atoms with Crippen LogP contribution in [0.15, 0.2) is 30.3 Å². The first-order valence-corrected chi connectivity index (χ1v) is 9.63. The fourth-order valence-electron chi connectivity index (χ4n) is 4.18. The number of carbonyl (C=O) groups is 1. The molecule has 3 N–H and O–H groups in total. The van der Waals surface area contributed by atoms with Crippen LogP contribution in [-0.4, -0.2) is 61.0 Å². The van der Waals surface area contributed by atoms with Crippen molar-refractivity contribution in [2.45, 2.75) is 43.7 Å². The summed E-state index contributed by atoms with van der Waals surface area (Å²) in [5.74, 6) is -0.0680. The molecule has 1 unspecified atom stereocenters. The van der Waals surface area contributed by atoms with Crippen LogP contribution in [0.1, 0.15) is 43.7 Å². The van der Waals surface area contributed by atoms with Gasteiger partial charge in [0.15, 0.2) is 0 Å². The summed E-state index contributed by atoms with van der Waals surface area (Å²) in [7, 11) is 2.18. The number of hydrogen-bond donors (Lipinski definition) is 2. The molecule has 1 amide bonds. The molecule has 5 nitrogen and oxygen atoms in total. The fourth-order valence-corrected chi connectivity index (χ4v) is 4.18. The Hall–Kier alpha value is -1.43. The predicted octanol–water partition coefficient (Wildman–Crippen LogP) is 1.75. The quantitative estimate of drug-likeness (QED) is 0.854. The van der Waals surface area contributed by atoms with Crippen LogP contribution in [0.25, 0.3) is 0 Å². The number of nitrogens with two attached hydrogens (primary N) is 1. The van der Waals surface area contributed by atoms with Crippen LogP contribution < -0.4 is 11.1 Å². The third-order valence-corrected chi connectivity index (χ3v) is 5.98. The molecule has 0 spiro atoms. The van der Waals surface area contributed by atoms with Crippen molar-refractivity contribution < 1.29 is 4.79 Å². The second kappa shape index (κ2) is 8.30. The van der Waals surface area contributed by atoms with Crippen LogP contribution in [0.5, 0.6) is 0 Å². The van der Waals surface area contributed by atoms with Crippen molar-refractivity contribution in [3.05, 3.63) is 35.9 Å². The molecular weight excluding hydrogens is 312 g/mol. The van der Waals surface area contributed by atoms with Gasteiger partial charge >= 0.3 is 0 Å². The summed E-state index contributed by atoms with van der Waals surface area (Å²) in [5, 5.41) is 3.18. The maximum absolute atomic E-state index is 12.6. The maximum atomic E-state index is 12.6. The molecule has 0 saturated carbocycles. The molecule has 2 saturated heterocycles. The maximum Gasteiger partial charge on any atom is 0.241 e. The number of rotatable bonds is 5. The summed E-state index contributed by atoms with van der Waals surface area (Å²) in [6, 6.07) is 9.03. The van der Waals surface area contributed by atoms with Crippen LogP contribution in [0.2, 0.25) is 0 Å². The highest BCUT2D eigenvalue weighted by Gasteiger charge is 2.40. The van der Waals surface area contributed by atoms with E-state index in [2.05, 4.69) is 22.2 Å². The van der Waals surface area contributed by atoms with Gasteiger partial charge in [0.25, 0.3) is 0 Å². The number of carbonyl (C=O) groups excluding carboxylic acids is 1. The average molecular weight is 345 g/mol. The van der Waals surface area contributed by atoms with Crippen LogP contribution in [0, 0.1) is 0 Å². The average Bonchev–Trinajstić information content (AvgIpc) is 2.68. The normalized spacial score (nSPS) is 23.1.